The molecule has 0 aliphatic rings. The van der Waals surface area contributed by atoms with Gasteiger partial charge in [-0.1, -0.05) is 0 Å². The highest BCUT2D eigenvalue weighted by molar-refractivity contribution is 5.99. The fraction of sp³-hybridized carbons (Fsp3) is 0.231. The fourth-order valence-corrected chi connectivity index (χ4v) is 1.78. The summed E-state index contributed by atoms with van der Waals surface area (Å²) in [5.74, 6) is -1.75. The summed E-state index contributed by atoms with van der Waals surface area (Å²) >= 11 is 0. The van der Waals surface area contributed by atoms with Gasteiger partial charge in [0.15, 0.2) is 6.04 Å². The number of carbonyl (C=O) groups excluding carboxylic acids is 2. The summed E-state index contributed by atoms with van der Waals surface area (Å²) in [4.78, 5) is 26.0. The number of methoxy groups -OCH3 is 1. The van der Waals surface area contributed by atoms with Gasteiger partial charge in [-0.05, 0) is 24.3 Å². The monoisotopic (exact) mass is 280 g/mol. The van der Waals surface area contributed by atoms with E-state index in [2.05, 4.69) is 15.0 Å². The normalized spacial score (nSPS) is 12.2. The van der Waals surface area contributed by atoms with E-state index in [1.54, 1.807) is 0 Å². The number of benzene rings is 1. The largest absolute Gasteiger partial charge is 0.467 e. The Hall–Kier alpha value is -2.41. The van der Waals surface area contributed by atoms with Gasteiger partial charge in [0.1, 0.15) is 11.5 Å². The molecule has 2 aromatic rings. The van der Waals surface area contributed by atoms with Crippen molar-refractivity contribution in [1.29, 1.82) is 0 Å². The van der Waals surface area contributed by atoms with Crippen molar-refractivity contribution in [2.75, 3.05) is 13.7 Å². The van der Waals surface area contributed by atoms with Crippen molar-refractivity contribution in [1.82, 2.24) is 10.3 Å². The Kier molecular flexibility index (Phi) is 3.99. The smallest absolute Gasteiger partial charge is 0.330 e. The molecule has 0 fully saturated rings. The van der Waals surface area contributed by atoms with E-state index in [9.17, 15) is 14.0 Å². The van der Waals surface area contributed by atoms with E-state index in [1.807, 2.05) is 0 Å². The molecule has 20 heavy (non-hydrogen) atoms. The molecule has 0 spiro atoms. The molecule has 2 rings (SSSR count). The Morgan fingerprint density at radius 2 is 2.20 bits per heavy atom. The summed E-state index contributed by atoms with van der Waals surface area (Å²) in [5.41, 5.74) is 0.753. The minimum Gasteiger partial charge on any atom is -0.467 e. The number of nitrogens with one attached hydrogen (secondary N) is 2. The van der Waals surface area contributed by atoms with Crippen molar-refractivity contribution in [3.05, 3.63) is 35.8 Å². The Morgan fingerprint density at radius 3 is 2.85 bits per heavy atom. The first-order chi connectivity index (χ1) is 9.55. The number of hydrogen-bond donors (Lipinski definition) is 3. The summed E-state index contributed by atoms with van der Waals surface area (Å²) in [6.07, 6.45) is 0. The SMILES string of the molecule is COC(=O)C(CO)NC(=O)c1cc2cc(F)ccc2[nH]1. The summed E-state index contributed by atoms with van der Waals surface area (Å²) in [7, 11) is 1.16. The maximum atomic E-state index is 13.1. The van der Waals surface area contributed by atoms with E-state index in [4.69, 9.17) is 5.11 Å². The van der Waals surface area contributed by atoms with Crippen LogP contribution in [0.3, 0.4) is 0 Å². The quantitative estimate of drug-likeness (QED) is 0.714. The fourth-order valence-electron chi connectivity index (χ4n) is 1.78. The van der Waals surface area contributed by atoms with Crippen LogP contribution in [0.2, 0.25) is 0 Å². The van der Waals surface area contributed by atoms with Gasteiger partial charge < -0.3 is 20.1 Å². The Bertz CT molecular complexity index is 653. The third-order valence-electron chi connectivity index (χ3n) is 2.80. The second-order valence-corrected chi connectivity index (χ2v) is 4.15. The van der Waals surface area contributed by atoms with Crippen LogP contribution in [0.25, 0.3) is 10.9 Å². The number of ether oxygens (including phenoxy) is 1. The van der Waals surface area contributed by atoms with E-state index < -0.39 is 30.3 Å². The van der Waals surface area contributed by atoms with Crippen molar-refractivity contribution in [2.45, 2.75) is 6.04 Å². The first kappa shape index (κ1) is 14.0. The molecule has 106 valence electrons. The van der Waals surface area contributed by atoms with Gasteiger partial charge in [-0.25, -0.2) is 9.18 Å². The molecular weight excluding hydrogens is 267 g/mol. The molecule has 1 heterocycles. The number of aromatic nitrogens is 1. The molecular formula is C13H13FN2O4. The van der Waals surface area contributed by atoms with Crippen molar-refractivity contribution in [2.24, 2.45) is 0 Å². The molecule has 0 radical (unpaired) electrons. The molecule has 7 heteroatoms. The molecule has 0 aliphatic heterocycles. The van der Waals surface area contributed by atoms with Crippen LogP contribution in [0.1, 0.15) is 10.5 Å². The number of H-pyrrole nitrogens is 1. The molecule has 1 unspecified atom stereocenters. The van der Waals surface area contributed by atoms with Crippen LogP contribution >= 0.6 is 0 Å². The second kappa shape index (κ2) is 5.70. The van der Waals surface area contributed by atoms with Gasteiger partial charge >= 0.3 is 5.97 Å². The van der Waals surface area contributed by atoms with Gasteiger partial charge in [-0.3, -0.25) is 4.79 Å². The standard InChI is InChI=1S/C13H13FN2O4/c1-20-13(19)11(6-17)16-12(18)10-5-7-4-8(14)2-3-9(7)15-10/h2-5,11,15,17H,6H2,1H3,(H,16,18). The molecule has 0 bridgehead atoms. The number of fused-ring (bicyclic) bond motifs is 1. The summed E-state index contributed by atoms with van der Waals surface area (Å²) in [6.45, 7) is -0.576. The Labute approximate surface area is 113 Å². The number of amides is 1. The number of rotatable bonds is 4. The Morgan fingerprint density at radius 1 is 1.45 bits per heavy atom. The predicted octanol–water partition coefficient (Wildman–Crippen LogP) is 0.571. The number of carbonyl (C=O) groups is 2. The third-order valence-corrected chi connectivity index (χ3v) is 2.80. The zero-order chi connectivity index (χ0) is 14.7. The highest BCUT2D eigenvalue weighted by atomic mass is 19.1. The van der Waals surface area contributed by atoms with Crippen LogP contribution in [0, 0.1) is 5.82 Å². The summed E-state index contributed by atoms with van der Waals surface area (Å²) in [5, 5.41) is 11.9. The van der Waals surface area contributed by atoms with Gasteiger partial charge in [0, 0.05) is 10.9 Å². The predicted molar refractivity (Wildman–Crippen MR) is 68.6 cm³/mol. The Balaban J connectivity index is 2.20. The summed E-state index contributed by atoms with van der Waals surface area (Å²) in [6, 6.07) is 4.37. The number of halogens is 1. The van der Waals surface area contributed by atoms with Gasteiger partial charge in [0.2, 0.25) is 0 Å². The van der Waals surface area contributed by atoms with E-state index in [-0.39, 0.29) is 5.69 Å². The first-order valence-electron chi connectivity index (χ1n) is 5.83. The number of esters is 1. The minimum absolute atomic E-state index is 0.160. The van der Waals surface area contributed by atoms with Crippen LogP contribution in [0.4, 0.5) is 4.39 Å². The van der Waals surface area contributed by atoms with E-state index in [0.29, 0.717) is 10.9 Å². The van der Waals surface area contributed by atoms with E-state index in [1.165, 1.54) is 24.3 Å². The minimum atomic E-state index is -1.14. The lowest BCUT2D eigenvalue weighted by atomic mass is 10.2. The zero-order valence-corrected chi connectivity index (χ0v) is 10.6. The van der Waals surface area contributed by atoms with Gasteiger partial charge in [-0.15, -0.1) is 0 Å². The molecule has 0 aliphatic carbocycles. The van der Waals surface area contributed by atoms with Crippen LogP contribution < -0.4 is 5.32 Å². The van der Waals surface area contributed by atoms with Crippen LogP contribution in [-0.4, -0.2) is 41.7 Å². The van der Waals surface area contributed by atoms with Gasteiger partial charge in [-0.2, -0.15) is 0 Å². The maximum Gasteiger partial charge on any atom is 0.330 e. The average Bonchev–Trinajstić information content (AvgIpc) is 2.86. The molecule has 1 amide bonds. The van der Waals surface area contributed by atoms with E-state index in [0.717, 1.165) is 7.11 Å². The molecule has 3 N–H and O–H groups in total. The van der Waals surface area contributed by atoms with Crippen molar-refractivity contribution in [3.63, 3.8) is 0 Å². The van der Waals surface area contributed by atoms with Crippen molar-refractivity contribution in [3.8, 4) is 0 Å². The van der Waals surface area contributed by atoms with Crippen LogP contribution in [-0.2, 0) is 9.53 Å². The van der Waals surface area contributed by atoms with Crippen molar-refractivity contribution >= 4 is 22.8 Å². The topological polar surface area (TPSA) is 91.4 Å². The highest BCUT2D eigenvalue weighted by Gasteiger charge is 2.22. The van der Waals surface area contributed by atoms with Crippen LogP contribution in [0.15, 0.2) is 24.3 Å². The summed E-state index contributed by atoms with van der Waals surface area (Å²) < 4.78 is 17.5. The average molecular weight is 280 g/mol. The molecule has 1 aromatic heterocycles. The second-order valence-electron chi connectivity index (χ2n) is 4.15. The van der Waals surface area contributed by atoms with Crippen LogP contribution in [0.5, 0.6) is 0 Å². The lowest BCUT2D eigenvalue weighted by Gasteiger charge is -2.12. The van der Waals surface area contributed by atoms with E-state index >= 15 is 0 Å². The molecule has 0 saturated carbocycles. The molecule has 1 atom stereocenters. The number of aromatic amines is 1. The third kappa shape index (κ3) is 2.77. The van der Waals surface area contributed by atoms with Gasteiger partial charge in [0.25, 0.3) is 5.91 Å². The number of aliphatic hydroxyl groups is 1. The molecule has 1 aromatic carbocycles. The first-order valence-corrected chi connectivity index (χ1v) is 5.83. The van der Waals surface area contributed by atoms with Gasteiger partial charge in [0.05, 0.1) is 13.7 Å². The molecule has 6 nitrogen and oxygen atoms in total. The maximum absolute atomic E-state index is 13.1. The number of aliphatic hydroxyl groups excluding tert-OH is 1. The lowest BCUT2D eigenvalue weighted by Crippen LogP contribution is -2.44. The number of hydrogen-bond acceptors (Lipinski definition) is 4. The molecule has 0 saturated heterocycles. The lowest BCUT2D eigenvalue weighted by molar-refractivity contribution is -0.143. The van der Waals surface area contributed by atoms with Crippen molar-refractivity contribution < 1.29 is 23.8 Å². The highest BCUT2D eigenvalue weighted by Crippen LogP contribution is 2.16. The zero-order valence-electron chi connectivity index (χ0n) is 10.6.